The van der Waals surface area contributed by atoms with Gasteiger partial charge in [-0.25, -0.2) is 0 Å². The van der Waals surface area contributed by atoms with Crippen LogP contribution in [0.2, 0.25) is 0 Å². The van der Waals surface area contributed by atoms with Gasteiger partial charge in [0.25, 0.3) is 0 Å². The number of nitrogens with zero attached hydrogens (tertiary/aromatic N) is 1. The summed E-state index contributed by atoms with van der Waals surface area (Å²) < 4.78 is 6.29. The van der Waals surface area contributed by atoms with E-state index < -0.39 is 0 Å². The lowest BCUT2D eigenvalue weighted by Gasteiger charge is -2.36. The largest absolute Gasteiger partial charge is 0.490 e. The molecule has 0 radical (unpaired) electrons. The van der Waals surface area contributed by atoms with Crippen molar-refractivity contribution in [2.75, 3.05) is 6.61 Å². The number of hydrogen-bond donors (Lipinski definition) is 1. The van der Waals surface area contributed by atoms with E-state index in [2.05, 4.69) is 68.4 Å². The van der Waals surface area contributed by atoms with Crippen LogP contribution in [0.25, 0.3) is 11.1 Å². The van der Waals surface area contributed by atoms with Crippen LogP contribution in [-0.2, 0) is 0 Å². The van der Waals surface area contributed by atoms with Crippen molar-refractivity contribution in [3.8, 4) is 22.9 Å². The van der Waals surface area contributed by atoms with Gasteiger partial charge in [0.15, 0.2) is 0 Å². The second-order valence-electron chi connectivity index (χ2n) is 11.2. The molecular formula is C34H49NO2. The fourth-order valence-corrected chi connectivity index (χ4v) is 6.02. The van der Waals surface area contributed by atoms with Gasteiger partial charge in [0, 0.05) is 6.61 Å². The molecule has 3 rings (SSSR count). The van der Waals surface area contributed by atoms with Gasteiger partial charge >= 0.3 is 0 Å². The minimum atomic E-state index is -0.166. The first-order valence-electron chi connectivity index (χ1n) is 15.0. The molecule has 202 valence electrons. The van der Waals surface area contributed by atoms with Crippen molar-refractivity contribution in [3.05, 3.63) is 54.1 Å². The molecule has 0 aliphatic heterocycles. The molecule has 0 saturated heterocycles. The van der Waals surface area contributed by atoms with Gasteiger partial charge in [0.05, 0.1) is 17.6 Å². The van der Waals surface area contributed by atoms with Crippen molar-refractivity contribution < 1.29 is 9.84 Å². The van der Waals surface area contributed by atoms with Crippen molar-refractivity contribution in [2.45, 2.75) is 122 Å². The van der Waals surface area contributed by atoms with Gasteiger partial charge in [0.2, 0.25) is 0 Å². The van der Waals surface area contributed by atoms with E-state index in [-0.39, 0.29) is 5.41 Å². The maximum absolute atomic E-state index is 10.1. The molecule has 0 bridgehead atoms. The highest BCUT2D eigenvalue weighted by molar-refractivity contribution is 5.64. The Bertz CT molecular complexity index is 930. The summed E-state index contributed by atoms with van der Waals surface area (Å²) in [4.78, 5) is 0. The van der Waals surface area contributed by atoms with E-state index in [1.54, 1.807) is 0 Å². The van der Waals surface area contributed by atoms with Crippen molar-refractivity contribution in [1.29, 1.82) is 5.26 Å². The molecule has 3 heteroatoms. The van der Waals surface area contributed by atoms with Gasteiger partial charge in [-0.1, -0.05) is 102 Å². The Balaban J connectivity index is 1.57. The van der Waals surface area contributed by atoms with Crippen molar-refractivity contribution in [2.24, 2.45) is 5.41 Å². The zero-order valence-corrected chi connectivity index (χ0v) is 23.4. The Kier molecular flexibility index (Phi) is 12.5. The maximum Gasteiger partial charge on any atom is 0.119 e. The number of hydrogen-bond acceptors (Lipinski definition) is 3. The summed E-state index contributed by atoms with van der Waals surface area (Å²) >= 11 is 0. The Labute approximate surface area is 226 Å². The Morgan fingerprint density at radius 3 is 2.22 bits per heavy atom. The van der Waals surface area contributed by atoms with Gasteiger partial charge in [-0.2, -0.15) is 5.26 Å². The Morgan fingerprint density at radius 2 is 1.57 bits per heavy atom. The average molecular weight is 504 g/mol. The fraction of sp³-hybridized carbons (Fsp3) is 0.618. The molecule has 1 N–H and O–H groups in total. The standard InChI is InChI=1S/C34H49NO2/c1-3-5-14-32(12-4-2)37-33-21-19-29(20-22-33)28-15-17-30(18-16-28)31-13-11-24-34(26-31,27-35)23-9-7-6-8-10-25-36/h15-22,31-32,36H,3-14,23-26H2,1-2H3. The predicted octanol–water partition coefficient (Wildman–Crippen LogP) is 9.59. The Hall–Kier alpha value is -2.31. The van der Waals surface area contributed by atoms with E-state index >= 15 is 0 Å². The lowest BCUT2D eigenvalue weighted by molar-refractivity contribution is 0.176. The molecular weight excluding hydrogens is 454 g/mol. The fourth-order valence-electron chi connectivity index (χ4n) is 6.02. The molecule has 1 saturated carbocycles. The molecule has 0 spiro atoms. The minimum absolute atomic E-state index is 0.166. The molecule has 1 fully saturated rings. The summed E-state index contributed by atoms with van der Waals surface area (Å²) in [5.41, 5.74) is 3.66. The second-order valence-corrected chi connectivity index (χ2v) is 11.2. The smallest absolute Gasteiger partial charge is 0.119 e. The molecule has 3 unspecified atom stereocenters. The average Bonchev–Trinajstić information content (AvgIpc) is 2.94. The van der Waals surface area contributed by atoms with E-state index in [1.807, 2.05) is 0 Å². The maximum atomic E-state index is 10.1. The van der Waals surface area contributed by atoms with Crippen LogP contribution in [0.1, 0.15) is 122 Å². The highest BCUT2D eigenvalue weighted by atomic mass is 16.5. The molecule has 0 heterocycles. The second kappa shape index (κ2) is 15.8. The van der Waals surface area contributed by atoms with Crippen molar-refractivity contribution >= 4 is 0 Å². The minimum Gasteiger partial charge on any atom is -0.490 e. The van der Waals surface area contributed by atoms with Crippen LogP contribution in [0.3, 0.4) is 0 Å². The lowest BCUT2D eigenvalue weighted by Crippen LogP contribution is -2.26. The number of aliphatic hydroxyl groups excluding tert-OH is 1. The molecule has 3 nitrogen and oxygen atoms in total. The normalized spacial score (nSPS) is 20.3. The molecule has 2 aromatic rings. The summed E-state index contributed by atoms with van der Waals surface area (Å²) in [7, 11) is 0. The quantitative estimate of drug-likeness (QED) is 0.232. The van der Waals surface area contributed by atoms with E-state index in [1.165, 1.54) is 42.4 Å². The topological polar surface area (TPSA) is 53.2 Å². The molecule has 37 heavy (non-hydrogen) atoms. The number of unbranched alkanes of at least 4 members (excludes halogenated alkanes) is 5. The van der Waals surface area contributed by atoms with Crippen molar-refractivity contribution in [1.82, 2.24) is 0 Å². The zero-order valence-electron chi connectivity index (χ0n) is 23.4. The Morgan fingerprint density at radius 1 is 0.892 bits per heavy atom. The number of aliphatic hydroxyl groups is 1. The first-order chi connectivity index (χ1) is 18.1. The summed E-state index contributed by atoms with van der Waals surface area (Å²) in [6, 6.07) is 20.4. The van der Waals surface area contributed by atoms with E-state index in [9.17, 15) is 5.26 Å². The van der Waals surface area contributed by atoms with Gasteiger partial charge in [-0.05, 0) is 79.7 Å². The van der Waals surface area contributed by atoms with E-state index in [0.717, 1.165) is 76.4 Å². The number of rotatable bonds is 16. The highest BCUT2D eigenvalue weighted by Gasteiger charge is 2.36. The number of benzene rings is 2. The van der Waals surface area contributed by atoms with Gasteiger partial charge in [-0.3, -0.25) is 0 Å². The molecule has 1 aliphatic carbocycles. The van der Waals surface area contributed by atoms with Crippen LogP contribution in [0, 0.1) is 16.7 Å². The van der Waals surface area contributed by atoms with Crippen LogP contribution in [-0.4, -0.2) is 17.8 Å². The molecule has 0 aromatic heterocycles. The lowest BCUT2D eigenvalue weighted by atomic mass is 9.66. The van der Waals surface area contributed by atoms with Gasteiger partial charge in [-0.15, -0.1) is 0 Å². The first-order valence-corrected chi connectivity index (χ1v) is 15.0. The summed E-state index contributed by atoms with van der Waals surface area (Å²) in [5.74, 6) is 1.45. The highest BCUT2D eigenvalue weighted by Crippen LogP contribution is 2.47. The number of nitriles is 1. The third-order valence-electron chi connectivity index (χ3n) is 8.26. The van der Waals surface area contributed by atoms with Crippen LogP contribution in [0.4, 0.5) is 0 Å². The summed E-state index contributed by atoms with van der Waals surface area (Å²) in [5, 5.41) is 19.1. The van der Waals surface area contributed by atoms with Gasteiger partial charge in [0.1, 0.15) is 5.75 Å². The van der Waals surface area contributed by atoms with Crippen LogP contribution in [0.5, 0.6) is 5.75 Å². The molecule has 0 amide bonds. The predicted molar refractivity (Wildman–Crippen MR) is 155 cm³/mol. The third-order valence-corrected chi connectivity index (χ3v) is 8.26. The molecule has 1 aliphatic rings. The molecule has 2 aromatic carbocycles. The van der Waals surface area contributed by atoms with E-state index in [0.29, 0.717) is 18.6 Å². The van der Waals surface area contributed by atoms with E-state index in [4.69, 9.17) is 9.84 Å². The van der Waals surface area contributed by atoms with Crippen LogP contribution >= 0.6 is 0 Å². The van der Waals surface area contributed by atoms with Crippen molar-refractivity contribution in [3.63, 3.8) is 0 Å². The number of ether oxygens (including phenoxy) is 1. The first kappa shape index (κ1) is 29.2. The monoisotopic (exact) mass is 503 g/mol. The summed E-state index contributed by atoms with van der Waals surface area (Å²) in [6.45, 7) is 4.76. The SMILES string of the molecule is CCCCC(CCC)Oc1ccc(-c2ccc(C3CCCC(C#N)(CCCCCCCO)C3)cc2)cc1. The van der Waals surface area contributed by atoms with Gasteiger partial charge < -0.3 is 9.84 Å². The summed E-state index contributed by atoms with van der Waals surface area (Å²) in [6.07, 6.45) is 17.0. The van der Waals surface area contributed by atoms with Crippen LogP contribution < -0.4 is 4.74 Å². The third kappa shape index (κ3) is 9.19. The zero-order chi connectivity index (χ0) is 26.3. The molecule has 3 atom stereocenters. The van der Waals surface area contributed by atoms with Crippen LogP contribution in [0.15, 0.2) is 48.5 Å².